The van der Waals surface area contributed by atoms with E-state index in [1.807, 2.05) is 30.3 Å². The standard InChI is InChI=1S/C15H18N2O3S/c1-17(21(18,19)11-12-8-9-20-10-12)15-7-6-13-4-2-3-5-14(13)16-15/h2-7,12H,8-11H2,1H3/t12-/m0/s1. The molecule has 0 N–H and O–H groups in total. The minimum atomic E-state index is -3.37. The predicted octanol–water partition coefficient (Wildman–Crippen LogP) is 2.04. The number of nitrogens with zero attached hydrogens (tertiary/aromatic N) is 2. The second-order valence-corrected chi connectivity index (χ2v) is 7.38. The first-order valence-electron chi connectivity index (χ1n) is 6.96. The van der Waals surface area contributed by atoms with Gasteiger partial charge in [0.05, 0.1) is 17.9 Å². The Morgan fingerprint density at radius 1 is 1.29 bits per heavy atom. The van der Waals surface area contributed by atoms with E-state index in [1.54, 1.807) is 13.1 Å². The molecule has 2 aromatic rings. The van der Waals surface area contributed by atoms with Crippen molar-refractivity contribution in [1.82, 2.24) is 4.98 Å². The highest BCUT2D eigenvalue weighted by Gasteiger charge is 2.27. The zero-order chi connectivity index (χ0) is 14.9. The molecule has 6 heteroatoms. The summed E-state index contributed by atoms with van der Waals surface area (Å²) in [5.74, 6) is 0.642. The molecule has 1 saturated heterocycles. The number of benzene rings is 1. The van der Waals surface area contributed by atoms with E-state index in [9.17, 15) is 8.42 Å². The molecule has 21 heavy (non-hydrogen) atoms. The lowest BCUT2D eigenvalue weighted by Gasteiger charge is -2.20. The fraction of sp³-hybridized carbons (Fsp3) is 0.400. The van der Waals surface area contributed by atoms with Gasteiger partial charge in [0, 0.05) is 25.0 Å². The van der Waals surface area contributed by atoms with E-state index >= 15 is 0 Å². The predicted molar refractivity (Wildman–Crippen MR) is 82.9 cm³/mol. The van der Waals surface area contributed by atoms with Gasteiger partial charge in [0.15, 0.2) is 0 Å². The van der Waals surface area contributed by atoms with Gasteiger partial charge in [0.25, 0.3) is 0 Å². The molecule has 2 heterocycles. The van der Waals surface area contributed by atoms with Crippen LogP contribution >= 0.6 is 0 Å². The number of anilines is 1. The van der Waals surface area contributed by atoms with E-state index in [1.165, 1.54) is 4.31 Å². The van der Waals surface area contributed by atoms with E-state index in [-0.39, 0.29) is 11.7 Å². The van der Waals surface area contributed by atoms with Gasteiger partial charge in [-0.2, -0.15) is 0 Å². The normalized spacial score (nSPS) is 19.0. The van der Waals surface area contributed by atoms with Gasteiger partial charge in [0.1, 0.15) is 5.82 Å². The number of hydrogen-bond donors (Lipinski definition) is 0. The van der Waals surface area contributed by atoms with E-state index in [0.29, 0.717) is 19.0 Å². The number of aromatic nitrogens is 1. The lowest BCUT2D eigenvalue weighted by atomic mass is 10.2. The molecule has 3 rings (SSSR count). The molecule has 0 amide bonds. The summed E-state index contributed by atoms with van der Waals surface area (Å²) in [5, 5.41) is 0.997. The van der Waals surface area contributed by atoms with Crippen molar-refractivity contribution < 1.29 is 13.2 Å². The van der Waals surface area contributed by atoms with Gasteiger partial charge in [-0.15, -0.1) is 0 Å². The van der Waals surface area contributed by atoms with Crippen LogP contribution in [0.25, 0.3) is 10.9 Å². The van der Waals surface area contributed by atoms with Crippen LogP contribution < -0.4 is 4.31 Å². The molecule has 1 aromatic carbocycles. The molecule has 0 aliphatic carbocycles. The smallest absolute Gasteiger partial charge is 0.236 e. The maximum Gasteiger partial charge on any atom is 0.236 e. The molecular weight excluding hydrogens is 288 g/mol. The molecule has 0 radical (unpaired) electrons. The third-order valence-corrected chi connectivity index (χ3v) is 5.71. The van der Waals surface area contributed by atoms with Gasteiger partial charge in [-0.1, -0.05) is 18.2 Å². The number of fused-ring (bicyclic) bond motifs is 1. The van der Waals surface area contributed by atoms with Gasteiger partial charge in [-0.25, -0.2) is 13.4 Å². The summed E-state index contributed by atoms with van der Waals surface area (Å²) in [5.41, 5.74) is 0.793. The van der Waals surface area contributed by atoms with Gasteiger partial charge >= 0.3 is 0 Å². The van der Waals surface area contributed by atoms with Crippen LogP contribution in [0.2, 0.25) is 0 Å². The number of para-hydroxylation sites is 1. The quantitative estimate of drug-likeness (QED) is 0.867. The van der Waals surface area contributed by atoms with Crippen LogP contribution in [0.5, 0.6) is 0 Å². The van der Waals surface area contributed by atoms with Gasteiger partial charge in [-0.05, 0) is 24.6 Å². The van der Waals surface area contributed by atoms with Gasteiger partial charge in [0.2, 0.25) is 10.0 Å². The zero-order valence-electron chi connectivity index (χ0n) is 11.9. The van der Waals surface area contributed by atoms with Crippen LogP contribution in [0, 0.1) is 5.92 Å². The molecule has 0 spiro atoms. The summed E-state index contributed by atoms with van der Waals surface area (Å²) < 4.78 is 31.4. The van der Waals surface area contributed by atoms with Crippen molar-refractivity contribution in [2.45, 2.75) is 6.42 Å². The molecule has 1 fully saturated rings. The number of ether oxygens (including phenoxy) is 1. The summed E-state index contributed by atoms with van der Waals surface area (Å²) in [6.07, 6.45) is 0.804. The van der Waals surface area contributed by atoms with Crippen LogP contribution in [0.3, 0.4) is 0 Å². The van der Waals surface area contributed by atoms with E-state index in [0.717, 1.165) is 17.3 Å². The monoisotopic (exact) mass is 306 g/mol. The zero-order valence-corrected chi connectivity index (χ0v) is 12.7. The first kappa shape index (κ1) is 14.3. The largest absolute Gasteiger partial charge is 0.381 e. The maximum atomic E-state index is 12.5. The van der Waals surface area contributed by atoms with E-state index in [4.69, 9.17) is 4.74 Å². The molecule has 0 bridgehead atoms. The molecular formula is C15H18N2O3S. The van der Waals surface area contributed by atoms with Crippen LogP contribution in [0.1, 0.15) is 6.42 Å². The van der Waals surface area contributed by atoms with Crippen LogP contribution in [0.15, 0.2) is 36.4 Å². The van der Waals surface area contributed by atoms with Crippen LogP contribution in [-0.4, -0.2) is 39.4 Å². The highest BCUT2D eigenvalue weighted by Crippen LogP contribution is 2.22. The van der Waals surface area contributed by atoms with Crippen LogP contribution in [0.4, 0.5) is 5.82 Å². The number of sulfonamides is 1. The SMILES string of the molecule is CN(c1ccc2ccccc2n1)S(=O)(=O)C[C@H]1CCOC1. The number of pyridine rings is 1. The summed E-state index contributed by atoms with van der Waals surface area (Å²) in [6.45, 7) is 1.18. The number of hydrogen-bond acceptors (Lipinski definition) is 4. The average molecular weight is 306 g/mol. The van der Waals surface area contributed by atoms with E-state index in [2.05, 4.69) is 4.98 Å². The lowest BCUT2D eigenvalue weighted by Crippen LogP contribution is -2.32. The maximum absolute atomic E-state index is 12.5. The van der Waals surface area contributed by atoms with Crippen molar-refractivity contribution in [3.63, 3.8) is 0 Å². The van der Waals surface area contributed by atoms with Crippen LogP contribution in [-0.2, 0) is 14.8 Å². The van der Waals surface area contributed by atoms with Gasteiger partial charge in [-0.3, -0.25) is 4.31 Å². The highest BCUT2D eigenvalue weighted by atomic mass is 32.2. The molecule has 112 valence electrons. The Balaban J connectivity index is 1.86. The molecule has 1 atom stereocenters. The Bertz CT molecular complexity index is 739. The Morgan fingerprint density at radius 3 is 2.86 bits per heavy atom. The Morgan fingerprint density at radius 2 is 2.10 bits per heavy atom. The third kappa shape index (κ3) is 3.01. The molecule has 5 nitrogen and oxygen atoms in total. The fourth-order valence-electron chi connectivity index (χ4n) is 2.50. The summed E-state index contributed by atoms with van der Waals surface area (Å²) in [7, 11) is -1.82. The van der Waals surface area contributed by atoms with Crippen molar-refractivity contribution in [2.75, 3.05) is 30.3 Å². The molecule has 0 saturated carbocycles. The molecule has 0 unspecified atom stereocenters. The molecule has 1 aromatic heterocycles. The Labute approximate surface area is 124 Å². The number of rotatable bonds is 4. The minimum Gasteiger partial charge on any atom is -0.381 e. The minimum absolute atomic E-state index is 0.0814. The topological polar surface area (TPSA) is 59.5 Å². The van der Waals surface area contributed by atoms with Crippen molar-refractivity contribution >= 4 is 26.7 Å². The van der Waals surface area contributed by atoms with Crippen molar-refractivity contribution in [1.29, 1.82) is 0 Å². The molecule has 1 aliphatic rings. The third-order valence-electron chi connectivity index (χ3n) is 3.79. The van der Waals surface area contributed by atoms with E-state index < -0.39 is 10.0 Å². The lowest BCUT2D eigenvalue weighted by molar-refractivity contribution is 0.188. The average Bonchev–Trinajstić information content (AvgIpc) is 2.98. The highest BCUT2D eigenvalue weighted by molar-refractivity contribution is 7.92. The Kier molecular flexibility index (Phi) is 3.82. The first-order valence-corrected chi connectivity index (χ1v) is 8.57. The Hall–Kier alpha value is -1.66. The first-order chi connectivity index (χ1) is 10.1. The fourth-order valence-corrected chi connectivity index (χ4v) is 3.97. The second kappa shape index (κ2) is 5.61. The summed E-state index contributed by atoms with van der Waals surface area (Å²) in [4.78, 5) is 4.43. The second-order valence-electron chi connectivity index (χ2n) is 5.34. The summed E-state index contributed by atoms with van der Waals surface area (Å²) >= 11 is 0. The van der Waals surface area contributed by atoms with Crippen molar-refractivity contribution in [2.24, 2.45) is 5.92 Å². The summed E-state index contributed by atoms with van der Waals surface area (Å²) in [6, 6.07) is 11.3. The van der Waals surface area contributed by atoms with Gasteiger partial charge < -0.3 is 4.74 Å². The molecule has 1 aliphatic heterocycles. The van der Waals surface area contributed by atoms with Crippen molar-refractivity contribution in [3.8, 4) is 0 Å². The van der Waals surface area contributed by atoms with Crippen molar-refractivity contribution in [3.05, 3.63) is 36.4 Å².